The summed E-state index contributed by atoms with van der Waals surface area (Å²) >= 11 is 1.79. The van der Waals surface area contributed by atoms with E-state index in [2.05, 4.69) is 48.1 Å². The molecule has 0 spiro atoms. The van der Waals surface area contributed by atoms with Gasteiger partial charge in [-0.15, -0.1) is 65.4 Å². The van der Waals surface area contributed by atoms with Gasteiger partial charge in [0.05, 0.1) is 5.58 Å². The second kappa shape index (κ2) is 12.3. The Morgan fingerprint density at radius 1 is 0.833 bits per heavy atom. The molecule has 0 atom stereocenters. The van der Waals surface area contributed by atoms with Crippen LogP contribution in [0, 0.1) is 31.4 Å². The van der Waals surface area contributed by atoms with Crippen LogP contribution >= 0.6 is 11.3 Å². The molecule has 42 heavy (non-hydrogen) atoms. The van der Waals surface area contributed by atoms with Crippen LogP contribution < -0.4 is 0 Å². The first-order valence-electron chi connectivity index (χ1n) is 14.7. The molecule has 0 saturated heterocycles. The molecule has 3 nitrogen and oxygen atoms in total. The summed E-state index contributed by atoms with van der Waals surface area (Å²) in [4.78, 5) is 10.1. The number of nitrogens with zero attached hydrogens (tertiary/aromatic N) is 2. The molecule has 0 aliphatic carbocycles. The van der Waals surface area contributed by atoms with Gasteiger partial charge in [0.15, 0.2) is 0 Å². The maximum Gasteiger partial charge on any atom is 0.129 e. The van der Waals surface area contributed by atoms with Crippen LogP contribution in [0.3, 0.4) is 0 Å². The topological polar surface area (TPSA) is 38.9 Å². The predicted octanol–water partition coefficient (Wildman–Crippen LogP) is 10.4. The fourth-order valence-electron chi connectivity index (χ4n) is 4.99. The van der Waals surface area contributed by atoms with Crippen molar-refractivity contribution in [1.29, 1.82) is 0 Å². The maximum absolute atomic E-state index is 8.65. The van der Waals surface area contributed by atoms with E-state index in [1.807, 2.05) is 81.4 Å². The van der Waals surface area contributed by atoms with Gasteiger partial charge in [-0.1, -0.05) is 61.5 Å². The van der Waals surface area contributed by atoms with Crippen molar-refractivity contribution < 1.29 is 27.3 Å². The van der Waals surface area contributed by atoms with Gasteiger partial charge in [-0.2, -0.15) is 0 Å². The monoisotopic (exact) mass is 747 g/mol. The average molecular weight is 747 g/mol. The molecule has 0 aliphatic heterocycles. The summed E-state index contributed by atoms with van der Waals surface area (Å²) < 4.78 is 25.0. The molecule has 4 heterocycles. The number of thiophene rings is 1. The van der Waals surface area contributed by atoms with Crippen LogP contribution in [0.15, 0.2) is 95.7 Å². The Kier molecular flexibility index (Phi) is 7.98. The third kappa shape index (κ3) is 6.10. The number of fused-ring (bicyclic) bond motifs is 5. The van der Waals surface area contributed by atoms with E-state index >= 15 is 0 Å². The smallest absolute Gasteiger partial charge is 0.129 e. The number of aryl methyl sites for hydroxylation is 2. The van der Waals surface area contributed by atoms with Crippen LogP contribution in [-0.4, -0.2) is 9.97 Å². The molecule has 0 bridgehead atoms. The number of furan rings is 1. The summed E-state index contributed by atoms with van der Waals surface area (Å²) in [7, 11) is 0. The number of rotatable bonds is 3. The zero-order valence-corrected chi connectivity index (χ0v) is 27.4. The minimum Gasteiger partial charge on any atom is -0.500 e. The van der Waals surface area contributed by atoms with Crippen molar-refractivity contribution in [1.82, 2.24) is 9.97 Å². The van der Waals surface area contributed by atoms with Crippen LogP contribution in [0.5, 0.6) is 0 Å². The van der Waals surface area contributed by atoms with Crippen LogP contribution in [0.1, 0.15) is 39.5 Å². The van der Waals surface area contributed by atoms with Crippen molar-refractivity contribution in [3.05, 3.63) is 119 Å². The van der Waals surface area contributed by atoms with Gasteiger partial charge < -0.3 is 14.4 Å². The molecular weight excluding hydrogens is 713 g/mol. The number of benzene rings is 3. The van der Waals surface area contributed by atoms with Gasteiger partial charge in [-0.3, -0.25) is 0 Å². The van der Waals surface area contributed by atoms with E-state index in [-0.39, 0.29) is 20.1 Å². The summed E-state index contributed by atoms with van der Waals surface area (Å²) in [6, 6.07) is 31.9. The molecule has 0 amide bonds. The van der Waals surface area contributed by atoms with Crippen molar-refractivity contribution in [2.75, 3.05) is 0 Å². The fraction of sp³-hybridized carbons (Fsp3) is 0.189. The van der Waals surface area contributed by atoms with Gasteiger partial charge in [-0.25, -0.2) is 0 Å². The summed E-state index contributed by atoms with van der Waals surface area (Å²) in [6.07, 6.45) is 1.97. The third-order valence-corrected chi connectivity index (χ3v) is 8.09. The van der Waals surface area contributed by atoms with Crippen molar-refractivity contribution in [2.24, 2.45) is 5.41 Å². The first-order valence-corrected chi connectivity index (χ1v) is 14.5. The van der Waals surface area contributed by atoms with Crippen LogP contribution in [0.4, 0.5) is 0 Å². The first kappa shape index (κ1) is 27.2. The Morgan fingerprint density at radius 3 is 2.36 bits per heavy atom. The van der Waals surface area contributed by atoms with E-state index in [4.69, 9.17) is 7.16 Å². The number of hydrogen-bond donors (Lipinski definition) is 0. The molecule has 7 aromatic rings. The molecule has 0 unspecified atom stereocenters. The number of hydrogen-bond acceptors (Lipinski definition) is 4. The van der Waals surface area contributed by atoms with Crippen molar-refractivity contribution >= 4 is 43.4 Å². The Morgan fingerprint density at radius 2 is 1.62 bits per heavy atom. The zero-order chi connectivity index (χ0) is 30.4. The van der Waals surface area contributed by atoms with Crippen molar-refractivity contribution in [3.8, 4) is 22.5 Å². The Hall–Kier alpha value is -3.63. The molecule has 0 saturated carbocycles. The number of pyridine rings is 2. The molecule has 4 aromatic heterocycles. The molecule has 213 valence electrons. The van der Waals surface area contributed by atoms with E-state index < -0.39 is 11.8 Å². The molecule has 0 N–H and O–H groups in total. The minimum atomic E-state index is -1.50. The van der Waals surface area contributed by atoms with E-state index in [0.717, 1.165) is 38.8 Å². The first-order chi connectivity index (χ1) is 20.6. The van der Waals surface area contributed by atoms with Gasteiger partial charge in [0.1, 0.15) is 5.58 Å². The van der Waals surface area contributed by atoms with E-state index in [1.165, 1.54) is 20.5 Å². The molecule has 0 aliphatic rings. The molecule has 1 radical (unpaired) electrons. The average Bonchev–Trinajstić information content (AvgIpc) is 3.54. The largest absolute Gasteiger partial charge is 0.500 e. The van der Waals surface area contributed by atoms with Crippen LogP contribution in [-0.2, 0) is 26.5 Å². The molecule has 5 heteroatoms. The van der Waals surface area contributed by atoms with Gasteiger partial charge in [0.2, 0.25) is 0 Å². The second-order valence-electron chi connectivity index (χ2n) is 11.1. The van der Waals surface area contributed by atoms with Gasteiger partial charge >= 0.3 is 0 Å². The van der Waals surface area contributed by atoms with E-state index in [0.29, 0.717) is 11.3 Å². The van der Waals surface area contributed by atoms with Gasteiger partial charge in [-0.05, 0) is 60.8 Å². The molecular formula is C37H32IrN2OS-2. The minimum absolute atomic E-state index is 0. The molecule has 3 aromatic carbocycles. The second-order valence-corrected chi connectivity index (χ2v) is 12.3. The summed E-state index contributed by atoms with van der Waals surface area (Å²) in [5.41, 5.74) is 6.41. The normalized spacial score (nSPS) is 12.4. The molecule has 0 fully saturated rings. The summed E-state index contributed by atoms with van der Waals surface area (Å²) in [5, 5.41) is 3.28. The fourth-order valence-corrected chi connectivity index (χ4v) is 6.06. The van der Waals surface area contributed by atoms with Gasteiger partial charge in [0.25, 0.3) is 0 Å². The number of aromatic nitrogens is 2. The molecule has 7 rings (SSSR count). The van der Waals surface area contributed by atoms with Crippen molar-refractivity contribution in [3.63, 3.8) is 0 Å². The predicted molar refractivity (Wildman–Crippen MR) is 172 cm³/mol. The Balaban J connectivity index is 0.000000248. The zero-order valence-electron chi connectivity index (χ0n) is 26.2. The third-order valence-electron chi connectivity index (χ3n) is 6.91. The maximum atomic E-state index is 8.65. The summed E-state index contributed by atoms with van der Waals surface area (Å²) in [5.74, 6) is 0. The van der Waals surface area contributed by atoms with E-state index in [1.54, 1.807) is 29.8 Å². The standard InChI is InChI=1S/C26H24NOS.C11H8N.Ir/c1-15-16(2)29-22-10-9-19-18-7-6-8-20(24(18)28-25(19)23(15)22)21-13-17(11-12-27-21)14-26(3,4)5;1-2-6-10(7-3-1)11-8-4-5-9-12-11;/h6-7,9-13H,14H2,1-5H3;1-6,8-9H;/q2*-1;/i14D2;;. The quantitative estimate of drug-likeness (QED) is 0.169. The Labute approximate surface area is 267 Å². The van der Waals surface area contributed by atoms with Crippen molar-refractivity contribution in [2.45, 2.75) is 41.0 Å². The van der Waals surface area contributed by atoms with Crippen LogP contribution in [0.25, 0.3) is 54.5 Å². The van der Waals surface area contributed by atoms with Crippen LogP contribution in [0.2, 0.25) is 0 Å². The SMILES string of the molecule is [2H]C([2H])(c1ccnc(-c2[c-]ccc3c2oc2c3ccc3sc(C)c(C)c32)c1)C(C)(C)C.[Ir].[c-]1ccccc1-c1ccccn1. The van der Waals surface area contributed by atoms with E-state index in [9.17, 15) is 0 Å². The van der Waals surface area contributed by atoms with Gasteiger partial charge in [0, 0.05) is 55.6 Å². The Bertz CT molecular complexity index is 2030. The summed E-state index contributed by atoms with van der Waals surface area (Å²) in [6.45, 7) is 10.0.